The van der Waals surface area contributed by atoms with E-state index < -0.39 is 6.10 Å². The first-order chi connectivity index (χ1) is 7.66. The van der Waals surface area contributed by atoms with Gasteiger partial charge in [-0.05, 0) is 29.1 Å². The number of hydrogen-bond donors (Lipinski definition) is 1. The van der Waals surface area contributed by atoms with Gasteiger partial charge >= 0.3 is 0 Å². The lowest BCUT2D eigenvalue weighted by Crippen LogP contribution is -2.01. The maximum atomic E-state index is 13.5. The quantitative estimate of drug-likeness (QED) is 0.885. The summed E-state index contributed by atoms with van der Waals surface area (Å²) >= 11 is 7.11. The van der Waals surface area contributed by atoms with Crippen molar-refractivity contribution in [3.8, 4) is 0 Å². The van der Waals surface area contributed by atoms with Gasteiger partial charge in [0.25, 0.3) is 0 Å². The monoisotopic (exact) mass is 256 g/mol. The second kappa shape index (κ2) is 4.95. The second-order valence-electron chi connectivity index (χ2n) is 3.47. The zero-order valence-corrected chi connectivity index (χ0v) is 9.93. The Labute approximate surface area is 102 Å². The van der Waals surface area contributed by atoms with Gasteiger partial charge in [0, 0.05) is 16.3 Å². The molecule has 0 bridgehead atoms. The summed E-state index contributed by atoms with van der Waals surface area (Å²) < 4.78 is 13.5. The van der Waals surface area contributed by atoms with Crippen LogP contribution in [0.1, 0.15) is 16.5 Å². The molecule has 0 radical (unpaired) electrons. The van der Waals surface area contributed by atoms with Crippen molar-refractivity contribution in [3.63, 3.8) is 0 Å². The average molecular weight is 257 g/mol. The summed E-state index contributed by atoms with van der Waals surface area (Å²) in [6.07, 6.45) is -0.389. The molecule has 0 saturated heterocycles. The lowest BCUT2D eigenvalue weighted by atomic mass is 10.1. The fraction of sp³-hybridized carbons (Fsp3) is 0.167. The molecular weight excluding hydrogens is 247 g/mol. The van der Waals surface area contributed by atoms with Crippen LogP contribution in [0.25, 0.3) is 0 Å². The molecule has 0 aliphatic carbocycles. The van der Waals surface area contributed by atoms with Crippen molar-refractivity contribution in [1.82, 2.24) is 0 Å². The van der Waals surface area contributed by atoms with Gasteiger partial charge < -0.3 is 5.11 Å². The Hall–Kier alpha value is -0.900. The molecule has 1 unspecified atom stereocenters. The van der Waals surface area contributed by atoms with E-state index in [0.717, 1.165) is 4.88 Å². The van der Waals surface area contributed by atoms with Gasteiger partial charge in [0.2, 0.25) is 0 Å². The summed E-state index contributed by atoms with van der Waals surface area (Å²) in [5, 5.41) is 12.1. The molecule has 2 aromatic rings. The van der Waals surface area contributed by atoms with Gasteiger partial charge in [0.15, 0.2) is 0 Å². The SMILES string of the molecule is OC(Cc1ccc(Cl)cc1F)c1cccs1. The molecule has 1 N–H and O–H groups in total. The van der Waals surface area contributed by atoms with Gasteiger partial charge in [-0.3, -0.25) is 0 Å². The standard InChI is InChI=1S/C12H10ClFOS/c13-9-4-3-8(10(14)7-9)6-11(15)12-2-1-5-16-12/h1-5,7,11,15H,6H2. The molecular formula is C12H10ClFOS. The van der Waals surface area contributed by atoms with Crippen LogP contribution in [0.3, 0.4) is 0 Å². The highest BCUT2D eigenvalue weighted by atomic mass is 35.5. The van der Waals surface area contributed by atoms with E-state index in [-0.39, 0.29) is 12.2 Å². The summed E-state index contributed by atoms with van der Waals surface area (Å²) in [7, 11) is 0. The maximum Gasteiger partial charge on any atom is 0.127 e. The van der Waals surface area contributed by atoms with Crippen LogP contribution in [0.5, 0.6) is 0 Å². The Bertz CT molecular complexity index is 470. The molecule has 84 valence electrons. The minimum atomic E-state index is -0.657. The summed E-state index contributed by atoms with van der Waals surface area (Å²) in [5.74, 6) is -0.372. The molecule has 1 heterocycles. The fourth-order valence-electron chi connectivity index (χ4n) is 1.48. The highest BCUT2D eigenvalue weighted by Crippen LogP contribution is 2.24. The van der Waals surface area contributed by atoms with Crippen LogP contribution in [0.2, 0.25) is 5.02 Å². The van der Waals surface area contributed by atoms with E-state index in [4.69, 9.17) is 11.6 Å². The molecule has 0 fully saturated rings. The van der Waals surface area contributed by atoms with E-state index in [9.17, 15) is 9.50 Å². The predicted octanol–water partition coefficient (Wildman–Crippen LogP) is 3.82. The van der Waals surface area contributed by atoms with Crippen molar-refractivity contribution in [2.45, 2.75) is 12.5 Å². The number of hydrogen-bond acceptors (Lipinski definition) is 2. The minimum Gasteiger partial charge on any atom is -0.387 e. The number of aliphatic hydroxyl groups excluding tert-OH is 1. The van der Waals surface area contributed by atoms with Crippen molar-refractivity contribution in [3.05, 3.63) is 57.0 Å². The van der Waals surface area contributed by atoms with Crippen molar-refractivity contribution in [2.75, 3.05) is 0 Å². The van der Waals surface area contributed by atoms with Gasteiger partial charge in [0.05, 0.1) is 6.10 Å². The molecule has 0 aliphatic rings. The minimum absolute atomic E-state index is 0.267. The van der Waals surface area contributed by atoms with Crippen LogP contribution in [-0.4, -0.2) is 5.11 Å². The Morgan fingerprint density at radius 1 is 1.38 bits per heavy atom. The summed E-state index contributed by atoms with van der Waals surface area (Å²) in [6.45, 7) is 0. The van der Waals surface area contributed by atoms with Gasteiger partial charge in [-0.25, -0.2) is 4.39 Å². The van der Waals surface area contributed by atoms with Gasteiger partial charge in [0.1, 0.15) is 5.82 Å². The molecule has 0 spiro atoms. The molecule has 2 rings (SSSR count). The molecule has 1 aromatic carbocycles. The number of halogens is 2. The Morgan fingerprint density at radius 3 is 2.81 bits per heavy atom. The smallest absolute Gasteiger partial charge is 0.127 e. The molecule has 1 atom stereocenters. The number of thiophene rings is 1. The molecule has 4 heteroatoms. The Morgan fingerprint density at radius 2 is 2.19 bits per heavy atom. The third kappa shape index (κ3) is 2.61. The topological polar surface area (TPSA) is 20.2 Å². The van der Waals surface area contributed by atoms with Crippen LogP contribution in [-0.2, 0) is 6.42 Å². The fourth-order valence-corrected chi connectivity index (χ4v) is 2.35. The predicted molar refractivity (Wildman–Crippen MR) is 64.4 cm³/mol. The normalized spacial score (nSPS) is 12.7. The third-order valence-electron chi connectivity index (χ3n) is 2.30. The van der Waals surface area contributed by atoms with Crippen LogP contribution in [0, 0.1) is 5.82 Å². The molecule has 0 aliphatic heterocycles. The molecule has 1 nitrogen and oxygen atoms in total. The van der Waals surface area contributed by atoms with Crippen molar-refractivity contribution >= 4 is 22.9 Å². The van der Waals surface area contributed by atoms with E-state index in [2.05, 4.69) is 0 Å². The van der Waals surface area contributed by atoms with E-state index in [0.29, 0.717) is 10.6 Å². The van der Waals surface area contributed by atoms with Gasteiger partial charge in [-0.1, -0.05) is 23.7 Å². The van der Waals surface area contributed by atoms with Crippen LogP contribution < -0.4 is 0 Å². The van der Waals surface area contributed by atoms with E-state index in [1.165, 1.54) is 17.4 Å². The van der Waals surface area contributed by atoms with E-state index in [1.54, 1.807) is 12.1 Å². The average Bonchev–Trinajstić information content (AvgIpc) is 2.75. The van der Waals surface area contributed by atoms with E-state index in [1.807, 2.05) is 17.5 Å². The van der Waals surface area contributed by atoms with E-state index >= 15 is 0 Å². The largest absolute Gasteiger partial charge is 0.387 e. The van der Waals surface area contributed by atoms with Crippen LogP contribution >= 0.6 is 22.9 Å². The molecule has 16 heavy (non-hydrogen) atoms. The first-order valence-corrected chi connectivity index (χ1v) is 6.08. The number of aliphatic hydroxyl groups is 1. The number of rotatable bonds is 3. The summed E-state index contributed by atoms with van der Waals surface area (Å²) in [5.41, 5.74) is 0.477. The van der Waals surface area contributed by atoms with Gasteiger partial charge in [-0.15, -0.1) is 11.3 Å². The second-order valence-corrected chi connectivity index (χ2v) is 4.89. The molecule has 1 aromatic heterocycles. The van der Waals surface area contributed by atoms with Crippen molar-refractivity contribution in [2.24, 2.45) is 0 Å². The molecule has 0 amide bonds. The van der Waals surface area contributed by atoms with Crippen molar-refractivity contribution in [1.29, 1.82) is 0 Å². The van der Waals surface area contributed by atoms with Crippen molar-refractivity contribution < 1.29 is 9.50 Å². The van der Waals surface area contributed by atoms with Crippen LogP contribution in [0.4, 0.5) is 4.39 Å². The Balaban J connectivity index is 2.15. The summed E-state index contributed by atoms with van der Waals surface area (Å²) in [6, 6.07) is 8.19. The highest BCUT2D eigenvalue weighted by molar-refractivity contribution is 7.10. The highest BCUT2D eigenvalue weighted by Gasteiger charge is 2.12. The number of benzene rings is 1. The first-order valence-electron chi connectivity index (χ1n) is 4.82. The summed E-state index contributed by atoms with van der Waals surface area (Å²) in [4.78, 5) is 0.842. The molecule has 0 saturated carbocycles. The third-order valence-corrected chi connectivity index (χ3v) is 3.51. The lowest BCUT2D eigenvalue weighted by molar-refractivity contribution is 0.181. The van der Waals surface area contributed by atoms with Crippen LogP contribution in [0.15, 0.2) is 35.7 Å². The zero-order valence-electron chi connectivity index (χ0n) is 8.36. The Kier molecular flexibility index (Phi) is 3.59. The maximum absolute atomic E-state index is 13.5. The lowest BCUT2D eigenvalue weighted by Gasteiger charge is -2.09. The first kappa shape index (κ1) is 11.6. The zero-order chi connectivity index (χ0) is 11.5. The van der Waals surface area contributed by atoms with Gasteiger partial charge in [-0.2, -0.15) is 0 Å².